The number of anilines is 1. The van der Waals surface area contributed by atoms with Crippen LogP contribution < -0.4 is 4.90 Å². The molecule has 1 aromatic rings. The number of nitrogens with zero attached hydrogens (tertiary/aromatic N) is 4. The minimum Gasteiger partial charge on any atom is -0.393 e. The zero-order valence-corrected chi connectivity index (χ0v) is 10.6. The third-order valence-corrected chi connectivity index (χ3v) is 3.96. The van der Waals surface area contributed by atoms with E-state index in [1.54, 1.807) is 0 Å². The van der Waals surface area contributed by atoms with Crippen molar-refractivity contribution in [2.24, 2.45) is 0 Å². The van der Waals surface area contributed by atoms with Gasteiger partial charge in [-0.3, -0.25) is 0 Å². The van der Waals surface area contributed by atoms with Crippen molar-refractivity contribution in [1.82, 2.24) is 15.2 Å². The van der Waals surface area contributed by atoms with Crippen LogP contribution in [-0.2, 0) is 0 Å². The molecule has 2 aliphatic heterocycles. The number of aliphatic hydroxyl groups excluding tert-OH is 1. The first-order valence-corrected chi connectivity index (χ1v) is 6.43. The molecule has 92 valence electrons. The molecule has 0 aromatic carbocycles. The summed E-state index contributed by atoms with van der Waals surface area (Å²) in [7, 11) is 0. The Labute approximate surface area is 109 Å². The van der Waals surface area contributed by atoms with Gasteiger partial charge in [-0.15, -0.1) is 10.2 Å². The van der Waals surface area contributed by atoms with Crippen molar-refractivity contribution in [2.45, 2.75) is 43.9 Å². The molecule has 17 heavy (non-hydrogen) atoms. The van der Waals surface area contributed by atoms with Crippen molar-refractivity contribution in [2.75, 3.05) is 4.90 Å². The van der Waals surface area contributed by atoms with E-state index in [9.17, 15) is 5.11 Å². The van der Waals surface area contributed by atoms with Gasteiger partial charge in [0.15, 0.2) is 11.0 Å². The van der Waals surface area contributed by atoms with Crippen LogP contribution in [0.5, 0.6) is 0 Å². The van der Waals surface area contributed by atoms with Crippen molar-refractivity contribution < 1.29 is 5.11 Å². The summed E-state index contributed by atoms with van der Waals surface area (Å²) in [6, 6.07) is 0.572. The number of hydrogen-bond acceptors (Lipinski definition) is 5. The number of fused-ring (bicyclic) bond motifs is 2. The van der Waals surface area contributed by atoms with E-state index in [4.69, 9.17) is 23.2 Å². The third kappa shape index (κ3) is 1.96. The Bertz CT molecular complexity index is 430. The van der Waals surface area contributed by atoms with Gasteiger partial charge in [0.05, 0.1) is 6.10 Å². The van der Waals surface area contributed by atoms with E-state index >= 15 is 0 Å². The molecule has 0 saturated carbocycles. The molecule has 0 radical (unpaired) electrons. The molecule has 5 nitrogen and oxygen atoms in total. The summed E-state index contributed by atoms with van der Waals surface area (Å²) in [5, 5.41) is 17.5. The predicted molar refractivity (Wildman–Crippen MR) is 64.4 cm³/mol. The monoisotopic (exact) mass is 274 g/mol. The molecule has 2 atom stereocenters. The maximum absolute atomic E-state index is 9.74. The molecular weight excluding hydrogens is 263 g/mol. The standard InChI is InChI=1S/C10H12Cl2N4O/c11-8-9(13-10(12)15-14-8)16-5-1-2-6(16)4-7(17)3-5/h5-7,17H,1-4H2. The van der Waals surface area contributed by atoms with Gasteiger partial charge < -0.3 is 10.0 Å². The van der Waals surface area contributed by atoms with Crippen LogP contribution in [0.1, 0.15) is 25.7 Å². The van der Waals surface area contributed by atoms with Crippen molar-refractivity contribution in [3.63, 3.8) is 0 Å². The van der Waals surface area contributed by atoms with Gasteiger partial charge in [0.2, 0.25) is 5.28 Å². The lowest BCUT2D eigenvalue weighted by molar-refractivity contribution is 0.126. The van der Waals surface area contributed by atoms with Crippen LogP contribution in [0.2, 0.25) is 10.4 Å². The molecule has 1 N–H and O–H groups in total. The number of aliphatic hydroxyl groups is 1. The summed E-state index contributed by atoms with van der Waals surface area (Å²) in [5.41, 5.74) is 0. The highest BCUT2D eigenvalue weighted by Crippen LogP contribution is 2.40. The summed E-state index contributed by atoms with van der Waals surface area (Å²) >= 11 is 11.8. The van der Waals surface area contributed by atoms with E-state index < -0.39 is 0 Å². The average Bonchev–Trinajstić information content (AvgIpc) is 2.54. The van der Waals surface area contributed by atoms with Crippen LogP contribution >= 0.6 is 23.2 Å². The van der Waals surface area contributed by atoms with E-state index in [1.165, 1.54) is 0 Å². The molecule has 7 heteroatoms. The predicted octanol–water partition coefficient (Wildman–Crippen LogP) is 1.67. The summed E-state index contributed by atoms with van der Waals surface area (Å²) in [6.45, 7) is 0. The van der Waals surface area contributed by atoms with Gasteiger partial charge in [0.25, 0.3) is 0 Å². The van der Waals surface area contributed by atoms with Gasteiger partial charge in [0, 0.05) is 12.1 Å². The average molecular weight is 275 g/mol. The van der Waals surface area contributed by atoms with Crippen LogP contribution in [-0.4, -0.2) is 38.5 Å². The van der Waals surface area contributed by atoms with Crippen molar-refractivity contribution in [1.29, 1.82) is 0 Å². The third-order valence-electron chi connectivity index (χ3n) is 3.56. The molecule has 0 spiro atoms. The fourth-order valence-electron chi connectivity index (χ4n) is 2.94. The first-order valence-electron chi connectivity index (χ1n) is 5.67. The zero-order chi connectivity index (χ0) is 12.0. The second-order valence-electron chi connectivity index (χ2n) is 4.61. The van der Waals surface area contributed by atoms with Gasteiger partial charge >= 0.3 is 0 Å². The molecule has 2 unspecified atom stereocenters. The Hall–Kier alpha value is -0.650. The van der Waals surface area contributed by atoms with E-state index in [2.05, 4.69) is 20.1 Å². The van der Waals surface area contributed by atoms with Crippen LogP contribution in [0.4, 0.5) is 5.82 Å². The lowest BCUT2D eigenvalue weighted by atomic mass is 10.0. The normalized spacial score (nSPS) is 31.9. The number of aromatic nitrogens is 3. The number of halogens is 2. The quantitative estimate of drug-likeness (QED) is 0.844. The SMILES string of the molecule is OC1CC2CCC(C1)N2c1nc(Cl)nnc1Cl. The smallest absolute Gasteiger partial charge is 0.245 e. The van der Waals surface area contributed by atoms with E-state index in [0.717, 1.165) is 25.7 Å². The number of rotatable bonds is 1. The molecule has 2 saturated heterocycles. The lowest BCUT2D eigenvalue weighted by Crippen LogP contribution is -2.45. The lowest BCUT2D eigenvalue weighted by Gasteiger charge is -2.38. The van der Waals surface area contributed by atoms with E-state index in [0.29, 0.717) is 5.82 Å². The van der Waals surface area contributed by atoms with Crippen LogP contribution in [0, 0.1) is 0 Å². The number of piperidine rings is 1. The Kier molecular flexibility index (Phi) is 2.84. The molecule has 3 rings (SSSR count). The molecule has 2 aliphatic rings. The highest BCUT2D eigenvalue weighted by molar-refractivity contribution is 6.32. The van der Waals surface area contributed by atoms with Crippen LogP contribution in [0.25, 0.3) is 0 Å². The molecule has 2 fully saturated rings. The molecular formula is C10H12Cl2N4O. The van der Waals surface area contributed by atoms with E-state index in [1.807, 2.05) is 0 Å². The van der Waals surface area contributed by atoms with Gasteiger partial charge in [-0.25, -0.2) is 0 Å². The zero-order valence-electron chi connectivity index (χ0n) is 9.05. The van der Waals surface area contributed by atoms with Crippen LogP contribution in [0.3, 0.4) is 0 Å². The minimum absolute atomic E-state index is 0.106. The highest BCUT2D eigenvalue weighted by Gasteiger charge is 2.42. The fourth-order valence-corrected chi connectivity index (χ4v) is 3.24. The maximum atomic E-state index is 9.74. The van der Waals surface area contributed by atoms with Gasteiger partial charge in [-0.2, -0.15) is 4.98 Å². The highest BCUT2D eigenvalue weighted by atomic mass is 35.5. The van der Waals surface area contributed by atoms with Crippen molar-refractivity contribution >= 4 is 29.0 Å². The van der Waals surface area contributed by atoms with Gasteiger partial charge in [0.1, 0.15) is 0 Å². The van der Waals surface area contributed by atoms with Crippen LogP contribution in [0.15, 0.2) is 0 Å². The summed E-state index contributed by atoms with van der Waals surface area (Å²) in [6.07, 6.45) is 3.41. The maximum Gasteiger partial charge on any atom is 0.245 e. The Morgan fingerprint density at radius 2 is 1.76 bits per heavy atom. The molecule has 0 aliphatic carbocycles. The van der Waals surface area contributed by atoms with Crippen molar-refractivity contribution in [3.05, 3.63) is 10.4 Å². The van der Waals surface area contributed by atoms with Gasteiger partial charge in [-0.05, 0) is 37.3 Å². The topological polar surface area (TPSA) is 62.1 Å². The first kappa shape index (κ1) is 11.4. The first-order chi connectivity index (χ1) is 8.15. The van der Waals surface area contributed by atoms with E-state index in [-0.39, 0.29) is 28.6 Å². The minimum atomic E-state index is -0.215. The molecule has 2 bridgehead atoms. The molecule has 3 heterocycles. The largest absolute Gasteiger partial charge is 0.393 e. The Morgan fingerprint density at radius 1 is 1.12 bits per heavy atom. The summed E-state index contributed by atoms with van der Waals surface area (Å²) in [4.78, 5) is 6.31. The van der Waals surface area contributed by atoms with Gasteiger partial charge in [-0.1, -0.05) is 11.6 Å². The molecule has 0 amide bonds. The Morgan fingerprint density at radius 3 is 2.41 bits per heavy atom. The second kappa shape index (κ2) is 4.23. The summed E-state index contributed by atoms with van der Waals surface area (Å²) < 4.78 is 0. The number of hydrogen-bond donors (Lipinski definition) is 1. The summed E-state index contributed by atoms with van der Waals surface area (Å²) in [5.74, 6) is 0.603. The van der Waals surface area contributed by atoms with Crippen molar-refractivity contribution in [3.8, 4) is 0 Å². The molecule has 1 aromatic heterocycles. The second-order valence-corrected chi connectivity index (χ2v) is 5.31. The fraction of sp³-hybridized carbons (Fsp3) is 0.700. The Balaban J connectivity index is 1.97.